The van der Waals surface area contributed by atoms with E-state index in [2.05, 4.69) is 5.32 Å². The maximum Gasteiger partial charge on any atom is 0.251 e. The van der Waals surface area contributed by atoms with Gasteiger partial charge >= 0.3 is 0 Å². The molecule has 0 saturated carbocycles. The molecular weight excluding hydrogens is 322 g/mol. The molecule has 2 aromatic rings. The first kappa shape index (κ1) is 16.7. The summed E-state index contributed by atoms with van der Waals surface area (Å²) in [7, 11) is -3.22. The van der Waals surface area contributed by atoms with Gasteiger partial charge in [-0.25, -0.2) is 8.42 Å². The number of fused-ring (bicyclic) bond motifs is 1. The van der Waals surface area contributed by atoms with Crippen LogP contribution in [0.2, 0.25) is 0 Å². The van der Waals surface area contributed by atoms with Crippen LogP contribution in [0.25, 0.3) is 0 Å². The van der Waals surface area contributed by atoms with E-state index in [-0.39, 0.29) is 11.7 Å². The Balaban J connectivity index is 1.83. The van der Waals surface area contributed by atoms with E-state index < -0.39 is 15.9 Å². The normalized spacial score (nSPS) is 14.9. The maximum atomic E-state index is 12.6. The summed E-state index contributed by atoms with van der Waals surface area (Å²) in [5, 5.41) is 2.88. The number of rotatable bonds is 5. The molecule has 0 radical (unpaired) electrons. The summed E-state index contributed by atoms with van der Waals surface area (Å²) < 4.78 is 23.5. The number of carbonyl (C=O) groups is 1. The summed E-state index contributed by atoms with van der Waals surface area (Å²) in [5.41, 5.74) is 3.91. The Morgan fingerprint density at radius 1 is 1.08 bits per heavy atom. The molecule has 1 unspecified atom stereocenters. The van der Waals surface area contributed by atoms with E-state index in [9.17, 15) is 13.2 Å². The van der Waals surface area contributed by atoms with Crippen molar-refractivity contribution in [1.29, 1.82) is 0 Å². The second kappa shape index (κ2) is 6.77. The van der Waals surface area contributed by atoms with Crippen molar-refractivity contribution < 1.29 is 13.2 Å². The number of sulfone groups is 1. The van der Waals surface area contributed by atoms with Gasteiger partial charge in [-0.15, -0.1) is 0 Å². The van der Waals surface area contributed by atoms with Crippen molar-refractivity contribution in [2.45, 2.75) is 25.3 Å². The van der Waals surface area contributed by atoms with Crippen LogP contribution in [0.5, 0.6) is 0 Å². The second-order valence-corrected chi connectivity index (χ2v) is 8.55. The molecule has 4 nitrogen and oxygen atoms in total. The Kier molecular flexibility index (Phi) is 4.71. The first-order valence-corrected chi connectivity index (χ1v) is 10.1. The molecule has 0 heterocycles. The molecule has 1 atom stereocenters. The number of benzene rings is 2. The smallest absolute Gasteiger partial charge is 0.251 e. The quantitative estimate of drug-likeness (QED) is 0.908. The van der Waals surface area contributed by atoms with Crippen LogP contribution >= 0.6 is 0 Å². The number of nitrogens with one attached hydrogen (secondary N) is 1. The topological polar surface area (TPSA) is 63.2 Å². The number of carbonyl (C=O) groups excluding carboxylic acids is 1. The van der Waals surface area contributed by atoms with Gasteiger partial charge in [0.05, 0.1) is 11.8 Å². The van der Waals surface area contributed by atoms with Gasteiger partial charge in [-0.1, -0.05) is 36.4 Å². The van der Waals surface area contributed by atoms with Crippen LogP contribution < -0.4 is 5.32 Å². The molecule has 126 valence electrons. The SMILES string of the molecule is CS(=O)(=O)CC(NC(=O)c1ccc2c(c1)CCC2)c1ccccc1. The van der Waals surface area contributed by atoms with Gasteiger partial charge in [-0.3, -0.25) is 4.79 Å². The highest BCUT2D eigenvalue weighted by atomic mass is 32.2. The largest absolute Gasteiger partial charge is 0.344 e. The highest BCUT2D eigenvalue weighted by Crippen LogP contribution is 2.23. The summed E-state index contributed by atoms with van der Waals surface area (Å²) in [5.74, 6) is -0.351. The third-order valence-corrected chi connectivity index (χ3v) is 5.28. The molecule has 5 heteroatoms. The lowest BCUT2D eigenvalue weighted by Gasteiger charge is -2.19. The Labute approximate surface area is 142 Å². The van der Waals surface area contributed by atoms with Crippen molar-refractivity contribution >= 4 is 15.7 Å². The molecule has 0 saturated heterocycles. The van der Waals surface area contributed by atoms with Gasteiger partial charge in [0.25, 0.3) is 5.91 Å². The van der Waals surface area contributed by atoms with Crippen molar-refractivity contribution in [3.63, 3.8) is 0 Å². The second-order valence-electron chi connectivity index (χ2n) is 6.37. The third kappa shape index (κ3) is 4.03. The molecule has 3 rings (SSSR count). The van der Waals surface area contributed by atoms with Crippen molar-refractivity contribution in [3.05, 3.63) is 70.8 Å². The molecular formula is C19H21NO3S. The van der Waals surface area contributed by atoms with Gasteiger partial charge in [0, 0.05) is 11.8 Å². The van der Waals surface area contributed by atoms with Gasteiger partial charge in [0.15, 0.2) is 0 Å². The fourth-order valence-electron chi connectivity index (χ4n) is 3.16. The lowest BCUT2D eigenvalue weighted by Crippen LogP contribution is -2.33. The van der Waals surface area contributed by atoms with Crippen LogP contribution in [0.1, 0.15) is 39.5 Å². The van der Waals surface area contributed by atoms with Gasteiger partial charge in [0.1, 0.15) is 9.84 Å². The molecule has 0 aliphatic heterocycles. The summed E-state index contributed by atoms with van der Waals surface area (Å²) in [6, 6.07) is 14.4. The minimum Gasteiger partial charge on any atom is -0.344 e. The minimum atomic E-state index is -3.22. The summed E-state index contributed by atoms with van der Waals surface area (Å²) in [6.45, 7) is 0. The molecule has 0 bridgehead atoms. The average Bonchev–Trinajstić information content (AvgIpc) is 3.01. The standard InChI is InChI=1S/C19H21NO3S/c1-24(22,23)13-18(15-6-3-2-4-7-15)20-19(21)17-11-10-14-8-5-9-16(14)12-17/h2-4,6-7,10-12,18H,5,8-9,13H2,1H3,(H,20,21). The third-order valence-electron chi connectivity index (χ3n) is 4.34. The molecule has 1 aliphatic rings. The minimum absolute atomic E-state index is 0.117. The first-order chi connectivity index (χ1) is 11.4. The predicted molar refractivity (Wildman–Crippen MR) is 94.8 cm³/mol. The van der Waals surface area contributed by atoms with Gasteiger partial charge in [0.2, 0.25) is 0 Å². The Morgan fingerprint density at radius 3 is 2.50 bits per heavy atom. The Morgan fingerprint density at radius 2 is 1.79 bits per heavy atom. The summed E-state index contributed by atoms with van der Waals surface area (Å²) >= 11 is 0. The molecule has 1 amide bonds. The van der Waals surface area contributed by atoms with Gasteiger partial charge in [-0.05, 0) is 48.1 Å². The zero-order chi connectivity index (χ0) is 17.2. The van der Waals surface area contributed by atoms with Crippen LogP contribution in [0.3, 0.4) is 0 Å². The van der Waals surface area contributed by atoms with Crippen LogP contribution in [0.15, 0.2) is 48.5 Å². The number of hydrogen-bond donors (Lipinski definition) is 1. The molecule has 0 aromatic heterocycles. The van der Waals surface area contributed by atoms with Crippen molar-refractivity contribution in [1.82, 2.24) is 5.32 Å². The number of aryl methyl sites for hydroxylation is 2. The van der Waals surface area contributed by atoms with Gasteiger partial charge < -0.3 is 5.32 Å². The molecule has 1 aliphatic carbocycles. The molecule has 1 N–H and O–H groups in total. The van der Waals surface area contributed by atoms with E-state index in [0.717, 1.165) is 24.8 Å². The lowest BCUT2D eigenvalue weighted by atomic mass is 10.0. The van der Waals surface area contributed by atoms with E-state index in [4.69, 9.17) is 0 Å². The average molecular weight is 343 g/mol. The monoisotopic (exact) mass is 343 g/mol. The van der Waals surface area contributed by atoms with E-state index in [1.54, 1.807) is 0 Å². The highest BCUT2D eigenvalue weighted by Gasteiger charge is 2.21. The lowest BCUT2D eigenvalue weighted by molar-refractivity contribution is 0.0940. The fourth-order valence-corrected chi connectivity index (χ4v) is 4.05. The highest BCUT2D eigenvalue weighted by molar-refractivity contribution is 7.90. The predicted octanol–water partition coefficient (Wildman–Crippen LogP) is 2.69. The summed E-state index contributed by atoms with van der Waals surface area (Å²) in [6.07, 6.45) is 4.38. The van der Waals surface area contributed by atoms with Crippen LogP contribution in [-0.4, -0.2) is 26.3 Å². The Bertz CT molecular complexity index is 844. The maximum absolute atomic E-state index is 12.6. The van der Waals surface area contributed by atoms with E-state index >= 15 is 0 Å². The van der Waals surface area contributed by atoms with Crippen LogP contribution in [0.4, 0.5) is 0 Å². The number of amides is 1. The van der Waals surface area contributed by atoms with Crippen molar-refractivity contribution in [2.24, 2.45) is 0 Å². The Hall–Kier alpha value is -2.14. The van der Waals surface area contributed by atoms with Gasteiger partial charge in [-0.2, -0.15) is 0 Å². The number of hydrogen-bond acceptors (Lipinski definition) is 3. The van der Waals surface area contributed by atoms with E-state index in [1.807, 2.05) is 48.5 Å². The zero-order valence-electron chi connectivity index (χ0n) is 13.7. The van der Waals surface area contributed by atoms with Crippen LogP contribution in [-0.2, 0) is 22.7 Å². The van der Waals surface area contributed by atoms with E-state index in [1.165, 1.54) is 17.4 Å². The van der Waals surface area contributed by atoms with Crippen molar-refractivity contribution in [3.8, 4) is 0 Å². The zero-order valence-corrected chi connectivity index (χ0v) is 14.5. The van der Waals surface area contributed by atoms with E-state index in [0.29, 0.717) is 5.56 Å². The van der Waals surface area contributed by atoms with Crippen LogP contribution in [0, 0.1) is 0 Å². The molecule has 2 aromatic carbocycles. The fraction of sp³-hybridized carbons (Fsp3) is 0.316. The first-order valence-electron chi connectivity index (χ1n) is 8.08. The summed E-state index contributed by atoms with van der Waals surface area (Å²) in [4.78, 5) is 12.6. The molecule has 0 spiro atoms. The molecule has 24 heavy (non-hydrogen) atoms. The van der Waals surface area contributed by atoms with Crippen molar-refractivity contribution in [2.75, 3.05) is 12.0 Å². The molecule has 0 fully saturated rings.